The van der Waals surface area contributed by atoms with Gasteiger partial charge in [-0.3, -0.25) is 4.79 Å². The predicted octanol–water partition coefficient (Wildman–Crippen LogP) is 1.86. The summed E-state index contributed by atoms with van der Waals surface area (Å²) in [5.41, 5.74) is 1.73. The monoisotopic (exact) mass is 292 g/mol. The fourth-order valence-corrected chi connectivity index (χ4v) is 2.33. The number of hydrogen-bond donors (Lipinski definition) is 1. The van der Waals surface area contributed by atoms with E-state index in [0.717, 1.165) is 5.56 Å². The van der Waals surface area contributed by atoms with Crippen molar-refractivity contribution in [1.82, 2.24) is 14.8 Å². The molecule has 0 aliphatic carbocycles. The van der Waals surface area contributed by atoms with E-state index in [0.29, 0.717) is 16.6 Å². The molecule has 0 fully saturated rings. The van der Waals surface area contributed by atoms with Crippen LogP contribution >= 0.6 is 11.8 Å². The molecule has 0 aliphatic heterocycles. The first-order chi connectivity index (χ1) is 9.60. The van der Waals surface area contributed by atoms with Crippen LogP contribution in [0.1, 0.15) is 5.56 Å². The lowest BCUT2D eigenvalue weighted by Crippen LogP contribution is -2.15. The van der Waals surface area contributed by atoms with Gasteiger partial charge in [0.1, 0.15) is 12.1 Å². The smallest absolute Gasteiger partial charge is 0.234 e. The summed E-state index contributed by atoms with van der Waals surface area (Å²) in [6.45, 7) is 1.96. The number of carbonyl (C=O) groups excluding carboxylic acids is 1. The molecule has 0 bridgehead atoms. The van der Waals surface area contributed by atoms with E-state index in [2.05, 4.69) is 15.5 Å². The highest BCUT2D eigenvalue weighted by molar-refractivity contribution is 7.99. The van der Waals surface area contributed by atoms with Crippen molar-refractivity contribution in [2.24, 2.45) is 7.05 Å². The van der Waals surface area contributed by atoms with Crippen LogP contribution in [0.2, 0.25) is 0 Å². The molecular formula is C13H16N4O2S. The number of methoxy groups -OCH3 is 1. The number of anilines is 1. The lowest BCUT2D eigenvalue weighted by molar-refractivity contribution is -0.113. The number of nitrogens with zero attached hydrogens (tertiary/aromatic N) is 3. The Morgan fingerprint density at radius 3 is 2.95 bits per heavy atom. The summed E-state index contributed by atoms with van der Waals surface area (Å²) in [7, 11) is 3.42. The lowest BCUT2D eigenvalue weighted by Gasteiger charge is -2.10. The van der Waals surface area contributed by atoms with Crippen molar-refractivity contribution in [2.75, 3.05) is 18.2 Å². The van der Waals surface area contributed by atoms with E-state index in [1.807, 2.05) is 32.2 Å². The maximum Gasteiger partial charge on any atom is 0.234 e. The third-order valence-electron chi connectivity index (χ3n) is 2.63. The molecule has 1 aromatic heterocycles. The Labute approximate surface area is 121 Å². The Kier molecular flexibility index (Phi) is 4.62. The zero-order valence-corrected chi connectivity index (χ0v) is 12.4. The molecule has 0 aliphatic rings. The number of aromatic nitrogens is 3. The first kappa shape index (κ1) is 14.4. The van der Waals surface area contributed by atoms with Gasteiger partial charge in [-0.1, -0.05) is 17.8 Å². The second-order valence-corrected chi connectivity index (χ2v) is 5.21. The van der Waals surface area contributed by atoms with Gasteiger partial charge in [0.2, 0.25) is 5.91 Å². The number of aryl methyl sites for hydroxylation is 2. The molecule has 2 aromatic rings. The maximum atomic E-state index is 12.0. The number of hydrogen-bond acceptors (Lipinski definition) is 5. The van der Waals surface area contributed by atoms with Crippen LogP contribution in [0.5, 0.6) is 5.75 Å². The van der Waals surface area contributed by atoms with Gasteiger partial charge in [0.15, 0.2) is 5.16 Å². The van der Waals surface area contributed by atoms with Crippen molar-refractivity contribution < 1.29 is 9.53 Å². The minimum absolute atomic E-state index is 0.109. The fourth-order valence-electron chi connectivity index (χ4n) is 1.64. The van der Waals surface area contributed by atoms with Crippen molar-refractivity contribution in [3.8, 4) is 5.75 Å². The lowest BCUT2D eigenvalue weighted by atomic mass is 10.2. The SMILES string of the molecule is COc1ccc(C)cc1NC(=O)CSc1nncn1C. The third kappa shape index (κ3) is 3.51. The zero-order chi connectivity index (χ0) is 14.5. The Morgan fingerprint density at radius 2 is 2.30 bits per heavy atom. The molecule has 106 valence electrons. The van der Waals surface area contributed by atoms with Gasteiger partial charge < -0.3 is 14.6 Å². The molecule has 20 heavy (non-hydrogen) atoms. The molecule has 0 saturated carbocycles. The highest BCUT2D eigenvalue weighted by Gasteiger charge is 2.10. The van der Waals surface area contributed by atoms with Crippen LogP contribution in [-0.4, -0.2) is 33.5 Å². The van der Waals surface area contributed by atoms with Crippen molar-refractivity contribution in [3.63, 3.8) is 0 Å². The van der Waals surface area contributed by atoms with Gasteiger partial charge in [0.05, 0.1) is 18.6 Å². The molecule has 7 heteroatoms. The molecule has 0 unspecified atom stereocenters. The number of benzene rings is 1. The largest absolute Gasteiger partial charge is 0.495 e. The van der Waals surface area contributed by atoms with Gasteiger partial charge in [0, 0.05) is 7.05 Å². The third-order valence-corrected chi connectivity index (χ3v) is 3.67. The van der Waals surface area contributed by atoms with Gasteiger partial charge >= 0.3 is 0 Å². The first-order valence-electron chi connectivity index (χ1n) is 6.01. The van der Waals surface area contributed by atoms with Crippen molar-refractivity contribution in [3.05, 3.63) is 30.1 Å². The summed E-state index contributed by atoms with van der Waals surface area (Å²) < 4.78 is 6.99. The maximum absolute atomic E-state index is 12.0. The average Bonchev–Trinajstić information content (AvgIpc) is 2.82. The molecule has 1 amide bonds. The van der Waals surface area contributed by atoms with Crippen molar-refractivity contribution in [1.29, 1.82) is 0 Å². The topological polar surface area (TPSA) is 69.0 Å². The van der Waals surface area contributed by atoms with Gasteiger partial charge in [-0.15, -0.1) is 10.2 Å². The van der Waals surface area contributed by atoms with Gasteiger partial charge in [0.25, 0.3) is 0 Å². The summed E-state index contributed by atoms with van der Waals surface area (Å²) in [6, 6.07) is 5.65. The predicted molar refractivity (Wildman–Crippen MR) is 78.1 cm³/mol. The fraction of sp³-hybridized carbons (Fsp3) is 0.308. The van der Waals surface area contributed by atoms with Crippen LogP contribution in [0.15, 0.2) is 29.7 Å². The minimum atomic E-state index is -0.109. The molecule has 1 aromatic carbocycles. The first-order valence-corrected chi connectivity index (χ1v) is 7.00. The van der Waals surface area contributed by atoms with Crippen LogP contribution in [0.25, 0.3) is 0 Å². The van der Waals surface area contributed by atoms with Crippen LogP contribution in [-0.2, 0) is 11.8 Å². The van der Waals surface area contributed by atoms with Crippen LogP contribution in [0.4, 0.5) is 5.69 Å². The Morgan fingerprint density at radius 1 is 1.50 bits per heavy atom. The summed E-state index contributed by atoms with van der Waals surface area (Å²) >= 11 is 1.34. The summed E-state index contributed by atoms with van der Waals surface area (Å²) in [6.07, 6.45) is 1.60. The second-order valence-electron chi connectivity index (χ2n) is 4.27. The van der Waals surface area contributed by atoms with Crippen LogP contribution < -0.4 is 10.1 Å². The number of carbonyl (C=O) groups is 1. The highest BCUT2D eigenvalue weighted by atomic mass is 32.2. The average molecular weight is 292 g/mol. The van der Waals surface area contributed by atoms with E-state index in [4.69, 9.17) is 4.74 Å². The number of thioether (sulfide) groups is 1. The molecular weight excluding hydrogens is 276 g/mol. The Balaban J connectivity index is 1.98. The number of nitrogens with one attached hydrogen (secondary N) is 1. The molecule has 1 heterocycles. The minimum Gasteiger partial charge on any atom is -0.495 e. The quantitative estimate of drug-likeness (QED) is 0.852. The van der Waals surface area contributed by atoms with Crippen LogP contribution in [0.3, 0.4) is 0 Å². The molecule has 0 radical (unpaired) electrons. The van der Waals surface area contributed by atoms with Crippen molar-refractivity contribution >= 4 is 23.4 Å². The van der Waals surface area contributed by atoms with E-state index in [9.17, 15) is 4.79 Å². The van der Waals surface area contributed by atoms with Gasteiger partial charge in [-0.25, -0.2) is 0 Å². The second kappa shape index (κ2) is 6.42. The normalized spacial score (nSPS) is 10.3. The van der Waals surface area contributed by atoms with Crippen LogP contribution in [0, 0.1) is 6.92 Å². The van der Waals surface area contributed by atoms with E-state index >= 15 is 0 Å². The highest BCUT2D eigenvalue weighted by Crippen LogP contribution is 2.25. The van der Waals surface area contributed by atoms with Crippen molar-refractivity contribution in [2.45, 2.75) is 12.1 Å². The summed E-state index contributed by atoms with van der Waals surface area (Å²) in [5, 5.41) is 11.2. The molecule has 0 atom stereocenters. The number of amides is 1. The van der Waals surface area contributed by atoms with Gasteiger partial charge in [-0.05, 0) is 24.6 Å². The molecule has 6 nitrogen and oxygen atoms in total. The van der Waals surface area contributed by atoms with Gasteiger partial charge in [-0.2, -0.15) is 0 Å². The van der Waals surface area contributed by atoms with E-state index in [1.54, 1.807) is 18.0 Å². The molecule has 0 spiro atoms. The number of rotatable bonds is 5. The Hall–Kier alpha value is -2.02. The standard InChI is InChI=1S/C13H16N4O2S/c1-9-4-5-11(19-3)10(6-9)15-12(18)7-20-13-16-14-8-17(13)2/h4-6,8H,7H2,1-3H3,(H,15,18). The van der Waals surface area contributed by atoms with E-state index < -0.39 is 0 Å². The zero-order valence-electron chi connectivity index (χ0n) is 11.6. The van der Waals surface area contributed by atoms with E-state index in [-0.39, 0.29) is 11.7 Å². The molecule has 2 rings (SSSR count). The molecule has 0 saturated heterocycles. The molecule has 1 N–H and O–H groups in total. The summed E-state index contributed by atoms with van der Waals surface area (Å²) in [5.74, 6) is 0.804. The number of ether oxygens (including phenoxy) is 1. The van der Waals surface area contributed by atoms with E-state index in [1.165, 1.54) is 11.8 Å². The Bertz CT molecular complexity index is 612. The summed E-state index contributed by atoms with van der Waals surface area (Å²) in [4.78, 5) is 12.0.